The molecule has 6 atom stereocenters. The first-order chi connectivity index (χ1) is 13.8. The van der Waals surface area contributed by atoms with Crippen LogP contribution in [0, 0.1) is 28.6 Å². The van der Waals surface area contributed by atoms with Gasteiger partial charge in [0.05, 0.1) is 25.9 Å². The quantitative estimate of drug-likeness (QED) is 0.655. The molecular formula is C23H38O6. The summed E-state index contributed by atoms with van der Waals surface area (Å²) >= 11 is 0. The first-order valence-corrected chi connectivity index (χ1v) is 11.5. The van der Waals surface area contributed by atoms with E-state index in [2.05, 4.69) is 13.8 Å². The molecule has 0 aromatic heterocycles. The molecule has 3 aliphatic carbocycles. The highest BCUT2D eigenvalue weighted by Gasteiger charge is 2.62. The molecule has 0 radical (unpaired) electrons. The summed E-state index contributed by atoms with van der Waals surface area (Å²) in [5, 5.41) is 19.5. The van der Waals surface area contributed by atoms with Crippen molar-refractivity contribution in [3.63, 3.8) is 0 Å². The van der Waals surface area contributed by atoms with E-state index >= 15 is 0 Å². The molecular weight excluding hydrogens is 372 g/mol. The van der Waals surface area contributed by atoms with E-state index in [9.17, 15) is 9.90 Å². The first-order valence-electron chi connectivity index (χ1n) is 11.5. The molecule has 166 valence electrons. The van der Waals surface area contributed by atoms with Crippen molar-refractivity contribution in [2.45, 2.75) is 83.5 Å². The molecule has 1 heterocycles. The van der Waals surface area contributed by atoms with Crippen LogP contribution in [0.5, 0.6) is 0 Å². The van der Waals surface area contributed by atoms with Gasteiger partial charge in [-0.1, -0.05) is 13.8 Å². The van der Waals surface area contributed by atoms with Crippen molar-refractivity contribution in [3.05, 3.63) is 0 Å². The van der Waals surface area contributed by atoms with Crippen molar-refractivity contribution in [2.24, 2.45) is 28.6 Å². The lowest BCUT2D eigenvalue weighted by Crippen LogP contribution is -2.56. The van der Waals surface area contributed by atoms with Crippen LogP contribution < -0.4 is 0 Å². The fraction of sp³-hybridized carbons (Fsp3) is 0.957. The lowest BCUT2D eigenvalue weighted by Gasteiger charge is -2.59. The van der Waals surface area contributed by atoms with Gasteiger partial charge in [0.15, 0.2) is 5.79 Å². The minimum Gasteiger partial charge on any atom is -0.463 e. The lowest BCUT2D eigenvalue weighted by molar-refractivity contribution is -0.246. The number of aliphatic hydroxyl groups excluding tert-OH is 2. The topological polar surface area (TPSA) is 85.2 Å². The Hall–Kier alpha value is -0.690. The standard InChI is InChI=1S/C23H38O6/c1-21(8-3-4-20(26)27-11-10-24)15-23(28-12-13-29-23)14-16-17(21)7-9-22(2)18(16)5-6-19(22)25/h16-19,24-25H,3-15H2,1-2H3. The molecule has 6 nitrogen and oxygen atoms in total. The van der Waals surface area contributed by atoms with Gasteiger partial charge in [0.2, 0.25) is 0 Å². The van der Waals surface area contributed by atoms with Crippen LogP contribution in [0.2, 0.25) is 0 Å². The highest BCUT2D eigenvalue weighted by Crippen LogP contribution is 2.65. The number of hydrogen-bond donors (Lipinski definition) is 2. The minimum absolute atomic E-state index is 0.0211. The summed E-state index contributed by atoms with van der Waals surface area (Å²) in [6.07, 6.45) is 7.99. The van der Waals surface area contributed by atoms with Crippen LogP contribution in [-0.2, 0) is 19.0 Å². The summed E-state index contributed by atoms with van der Waals surface area (Å²) in [6, 6.07) is 0. The maximum absolute atomic E-state index is 11.9. The van der Waals surface area contributed by atoms with Gasteiger partial charge < -0.3 is 24.4 Å². The van der Waals surface area contributed by atoms with Gasteiger partial charge in [-0.2, -0.15) is 0 Å². The second-order valence-electron chi connectivity index (χ2n) is 10.5. The third-order valence-corrected chi connectivity index (χ3v) is 8.80. The van der Waals surface area contributed by atoms with Gasteiger partial charge in [0.25, 0.3) is 0 Å². The Balaban J connectivity index is 1.51. The molecule has 4 aliphatic rings. The van der Waals surface area contributed by atoms with Gasteiger partial charge >= 0.3 is 5.97 Å². The average Bonchev–Trinajstić information content (AvgIpc) is 3.24. The maximum Gasteiger partial charge on any atom is 0.305 e. The lowest BCUT2D eigenvalue weighted by atomic mass is 9.48. The van der Waals surface area contributed by atoms with Crippen LogP contribution in [0.1, 0.15) is 71.6 Å². The summed E-state index contributed by atoms with van der Waals surface area (Å²) in [6.45, 7) is 5.92. The van der Waals surface area contributed by atoms with Crippen molar-refractivity contribution in [1.82, 2.24) is 0 Å². The maximum atomic E-state index is 11.9. The van der Waals surface area contributed by atoms with Crippen molar-refractivity contribution in [3.8, 4) is 0 Å². The Morgan fingerprint density at radius 1 is 1.14 bits per heavy atom. The van der Waals surface area contributed by atoms with Crippen molar-refractivity contribution >= 4 is 5.97 Å². The van der Waals surface area contributed by atoms with Crippen LogP contribution in [0.4, 0.5) is 0 Å². The SMILES string of the molecule is CC1(CCCC(=O)OCCO)CC2(CC3C1CCC1(C)C(O)CCC31)OCCO2. The summed E-state index contributed by atoms with van der Waals surface area (Å²) in [7, 11) is 0. The van der Waals surface area contributed by atoms with E-state index in [1.54, 1.807) is 0 Å². The molecule has 2 N–H and O–H groups in total. The van der Waals surface area contributed by atoms with Gasteiger partial charge in [-0.05, 0) is 67.1 Å². The number of ether oxygens (including phenoxy) is 3. The number of esters is 1. The van der Waals surface area contributed by atoms with E-state index in [0.717, 1.165) is 51.4 Å². The van der Waals surface area contributed by atoms with Gasteiger partial charge in [-0.15, -0.1) is 0 Å². The molecule has 1 aliphatic heterocycles. The Kier molecular flexibility index (Phi) is 6.02. The molecule has 1 spiro atoms. The summed E-state index contributed by atoms with van der Waals surface area (Å²) < 4.78 is 17.5. The van der Waals surface area contributed by atoms with Crippen LogP contribution in [0.3, 0.4) is 0 Å². The third-order valence-electron chi connectivity index (χ3n) is 8.80. The molecule has 1 saturated heterocycles. The second kappa shape index (κ2) is 8.10. The first kappa shape index (κ1) is 21.5. The van der Waals surface area contributed by atoms with Gasteiger partial charge in [-0.3, -0.25) is 4.79 Å². The second-order valence-corrected chi connectivity index (χ2v) is 10.5. The zero-order valence-electron chi connectivity index (χ0n) is 18.0. The fourth-order valence-electron chi connectivity index (χ4n) is 7.45. The number of aliphatic hydroxyl groups is 2. The number of rotatable bonds is 6. The summed E-state index contributed by atoms with van der Waals surface area (Å²) in [5.74, 6) is 0.893. The van der Waals surface area contributed by atoms with E-state index < -0.39 is 5.79 Å². The van der Waals surface area contributed by atoms with Crippen LogP contribution in [-0.4, -0.2) is 54.5 Å². The number of carbonyl (C=O) groups excluding carboxylic acids is 1. The van der Waals surface area contributed by atoms with Crippen LogP contribution in [0.25, 0.3) is 0 Å². The highest BCUT2D eigenvalue weighted by molar-refractivity contribution is 5.69. The summed E-state index contributed by atoms with van der Waals surface area (Å²) in [4.78, 5) is 11.9. The number of carbonyl (C=O) groups is 1. The van der Waals surface area contributed by atoms with Crippen molar-refractivity contribution in [2.75, 3.05) is 26.4 Å². The van der Waals surface area contributed by atoms with Gasteiger partial charge in [-0.25, -0.2) is 0 Å². The molecule has 4 rings (SSSR count). The minimum atomic E-state index is -0.487. The Labute approximate surface area is 174 Å². The zero-order chi connectivity index (χ0) is 20.7. The van der Waals surface area contributed by atoms with Crippen LogP contribution >= 0.6 is 0 Å². The van der Waals surface area contributed by atoms with Crippen LogP contribution in [0.15, 0.2) is 0 Å². The molecule has 6 unspecified atom stereocenters. The van der Waals surface area contributed by atoms with Gasteiger partial charge in [0.1, 0.15) is 6.61 Å². The predicted octanol–water partition coefficient (Wildman–Crippen LogP) is 3.04. The Morgan fingerprint density at radius 3 is 2.62 bits per heavy atom. The third kappa shape index (κ3) is 3.86. The van der Waals surface area contributed by atoms with E-state index in [-0.39, 0.29) is 36.1 Å². The number of hydrogen-bond acceptors (Lipinski definition) is 6. The monoisotopic (exact) mass is 410 g/mol. The molecule has 0 bridgehead atoms. The molecule has 29 heavy (non-hydrogen) atoms. The number of fused-ring (bicyclic) bond motifs is 3. The molecule has 3 saturated carbocycles. The largest absolute Gasteiger partial charge is 0.463 e. The summed E-state index contributed by atoms with van der Waals surface area (Å²) in [5.41, 5.74) is 0.0761. The van der Waals surface area contributed by atoms with Crippen molar-refractivity contribution < 1.29 is 29.2 Å². The van der Waals surface area contributed by atoms with E-state index in [1.807, 2.05) is 0 Å². The Bertz CT molecular complexity index is 602. The van der Waals surface area contributed by atoms with E-state index in [4.69, 9.17) is 19.3 Å². The molecule has 4 fully saturated rings. The molecule has 0 aromatic carbocycles. The average molecular weight is 411 g/mol. The highest BCUT2D eigenvalue weighted by atomic mass is 16.7. The fourth-order valence-corrected chi connectivity index (χ4v) is 7.45. The normalized spacial score (nSPS) is 43.2. The van der Waals surface area contributed by atoms with E-state index in [1.165, 1.54) is 0 Å². The van der Waals surface area contributed by atoms with Crippen molar-refractivity contribution in [1.29, 1.82) is 0 Å². The smallest absolute Gasteiger partial charge is 0.305 e. The van der Waals surface area contributed by atoms with Gasteiger partial charge in [0, 0.05) is 19.3 Å². The Morgan fingerprint density at radius 2 is 1.90 bits per heavy atom. The molecule has 6 heteroatoms. The van der Waals surface area contributed by atoms with E-state index in [0.29, 0.717) is 37.4 Å². The molecule has 0 aromatic rings. The molecule has 0 amide bonds. The predicted molar refractivity (Wildman–Crippen MR) is 107 cm³/mol. The zero-order valence-corrected chi connectivity index (χ0v) is 18.0.